The number of carbonyl (C=O) groups is 3. The average molecular weight is 416 g/mol. The normalized spacial score (nSPS) is 10.1. The van der Waals surface area contributed by atoms with Gasteiger partial charge in [0.15, 0.2) is 11.5 Å². The van der Waals surface area contributed by atoms with Crippen molar-refractivity contribution in [3.63, 3.8) is 0 Å². The van der Waals surface area contributed by atoms with Crippen LogP contribution in [0.3, 0.4) is 0 Å². The van der Waals surface area contributed by atoms with Crippen LogP contribution in [-0.4, -0.2) is 43.3 Å². The van der Waals surface area contributed by atoms with E-state index in [4.69, 9.17) is 14.2 Å². The van der Waals surface area contributed by atoms with Crippen molar-refractivity contribution in [1.82, 2.24) is 5.32 Å². The van der Waals surface area contributed by atoms with Crippen LogP contribution in [-0.2, 0) is 32.1 Å². The first-order valence-electron chi connectivity index (χ1n) is 8.75. The average Bonchev–Trinajstić information content (AvgIpc) is 2.75. The molecule has 0 spiro atoms. The lowest BCUT2D eigenvalue weighted by Gasteiger charge is -2.10. The molecule has 0 aliphatic heterocycles. The molecule has 10 nitrogen and oxygen atoms in total. The number of benzene rings is 2. The minimum Gasteiger partial charge on any atom is -0.493 e. The first-order valence-corrected chi connectivity index (χ1v) is 8.75. The lowest BCUT2D eigenvalue weighted by molar-refractivity contribution is -0.385. The Labute approximate surface area is 171 Å². The molecule has 0 unspecified atom stereocenters. The number of esters is 1. The molecule has 30 heavy (non-hydrogen) atoms. The number of ketones is 1. The number of methoxy groups -OCH3 is 2. The number of amides is 1. The Balaban J connectivity index is 1.96. The monoisotopic (exact) mass is 416 g/mol. The summed E-state index contributed by atoms with van der Waals surface area (Å²) in [4.78, 5) is 46.5. The molecule has 2 aromatic rings. The largest absolute Gasteiger partial charge is 0.493 e. The van der Waals surface area contributed by atoms with Crippen molar-refractivity contribution in [1.29, 1.82) is 0 Å². The molecular weight excluding hydrogens is 396 g/mol. The van der Waals surface area contributed by atoms with Crippen LogP contribution in [0.15, 0.2) is 42.5 Å². The Kier molecular flexibility index (Phi) is 7.86. The van der Waals surface area contributed by atoms with Crippen molar-refractivity contribution in [3.05, 3.63) is 63.7 Å². The van der Waals surface area contributed by atoms with Gasteiger partial charge >= 0.3 is 5.97 Å². The number of hydrogen-bond donors (Lipinski definition) is 1. The summed E-state index contributed by atoms with van der Waals surface area (Å²) in [6, 6.07) is 11.3. The van der Waals surface area contributed by atoms with Crippen LogP contribution in [0.2, 0.25) is 0 Å². The minimum absolute atomic E-state index is 0.0237. The van der Waals surface area contributed by atoms with E-state index in [-0.39, 0.29) is 23.7 Å². The van der Waals surface area contributed by atoms with Crippen LogP contribution in [0.25, 0.3) is 0 Å². The van der Waals surface area contributed by atoms with E-state index in [1.54, 1.807) is 24.3 Å². The third-order valence-corrected chi connectivity index (χ3v) is 4.02. The van der Waals surface area contributed by atoms with Gasteiger partial charge < -0.3 is 19.5 Å². The van der Waals surface area contributed by atoms with E-state index in [0.717, 1.165) is 11.6 Å². The van der Waals surface area contributed by atoms with E-state index in [9.17, 15) is 24.5 Å². The molecule has 10 heteroatoms. The van der Waals surface area contributed by atoms with Gasteiger partial charge in [-0.15, -0.1) is 0 Å². The van der Waals surface area contributed by atoms with E-state index in [1.165, 1.54) is 20.3 Å². The van der Waals surface area contributed by atoms with Crippen LogP contribution in [0.4, 0.5) is 5.69 Å². The molecule has 158 valence electrons. The van der Waals surface area contributed by atoms with Crippen molar-refractivity contribution < 1.29 is 33.5 Å². The fraction of sp³-hybridized carbons (Fsp3) is 0.250. The van der Waals surface area contributed by atoms with Gasteiger partial charge in [-0.25, -0.2) is 0 Å². The summed E-state index contributed by atoms with van der Waals surface area (Å²) in [5.74, 6) is -2.45. The minimum atomic E-state index is -1.06. The number of rotatable bonds is 10. The zero-order valence-corrected chi connectivity index (χ0v) is 16.4. The molecule has 2 rings (SSSR count). The van der Waals surface area contributed by atoms with E-state index >= 15 is 0 Å². The maximum atomic E-state index is 12.2. The van der Waals surface area contributed by atoms with Crippen LogP contribution < -0.4 is 14.8 Å². The molecule has 0 aliphatic rings. The number of hydrogen-bond acceptors (Lipinski definition) is 8. The van der Waals surface area contributed by atoms with E-state index in [1.807, 2.05) is 6.07 Å². The maximum absolute atomic E-state index is 12.2. The Morgan fingerprint density at radius 2 is 1.67 bits per heavy atom. The number of ether oxygens (including phenoxy) is 3. The fourth-order valence-electron chi connectivity index (χ4n) is 2.52. The highest BCUT2D eigenvalue weighted by atomic mass is 16.6. The molecule has 0 fully saturated rings. The lowest BCUT2D eigenvalue weighted by Crippen LogP contribution is -2.36. The van der Waals surface area contributed by atoms with Crippen molar-refractivity contribution in [2.75, 3.05) is 20.8 Å². The highest BCUT2D eigenvalue weighted by molar-refractivity contribution is 6.36. The zero-order chi connectivity index (χ0) is 22.1. The Morgan fingerprint density at radius 3 is 2.27 bits per heavy atom. The number of nitro groups is 1. The maximum Gasteiger partial charge on any atom is 0.325 e. The number of Topliss-reactive ketones (excluding diaryl/α,β-unsaturated/α-hetero) is 1. The topological polar surface area (TPSA) is 134 Å². The molecule has 0 atom stereocenters. The first-order chi connectivity index (χ1) is 14.3. The first kappa shape index (κ1) is 22.3. The molecule has 1 amide bonds. The standard InChI is InChI=1S/C20H20N2O8/c1-28-17-9-14(15(22(26)27)10-18(17)29-2)8-16(23)20(25)21-11-19(24)30-12-13-6-4-3-5-7-13/h3-7,9-10H,8,11-12H2,1-2H3,(H,21,25). The summed E-state index contributed by atoms with van der Waals surface area (Å²) in [6.45, 7) is -0.479. The predicted octanol–water partition coefficient (Wildman–Crippen LogP) is 1.58. The summed E-state index contributed by atoms with van der Waals surface area (Å²) in [7, 11) is 2.65. The Morgan fingerprint density at radius 1 is 1.03 bits per heavy atom. The SMILES string of the molecule is COc1cc(CC(=O)C(=O)NCC(=O)OCc2ccccc2)c([N+](=O)[O-])cc1OC. The zero-order valence-electron chi connectivity index (χ0n) is 16.4. The van der Waals surface area contributed by atoms with Crippen molar-refractivity contribution >= 4 is 23.3 Å². The van der Waals surface area contributed by atoms with Crippen LogP contribution >= 0.6 is 0 Å². The Hall–Kier alpha value is -3.95. The molecule has 2 aromatic carbocycles. The van der Waals surface area contributed by atoms with Gasteiger partial charge in [-0.05, 0) is 11.6 Å². The van der Waals surface area contributed by atoms with Gasteiger partial charge in [0.05, 0.1) is 25.2 Å². The number of carbonyl (C=O) groups excluding carboxylic acids is 3. The van der Waals surface area contributed by atoms with Gasteiger partial charge in [-0.2, -0.15) is 0 Å². The highest BCUT2D eigenvalue weighted by Gasteiger charge is 2.24. The van der Waals surface area contributed by atoms with Crippen molar-refractivity contribution in [2.45, 2.75) is 13.0 Å². The molecular formula is C20H20N2O8. The second-order valence-electron chi connectivity index (χ2n) is 6.02. The molecule has 0 aromatic heterocycles. The molecule has 1 N–H and O–H groups in total. The smallest absolute Gasteiger partial charge is 0.325 e. The summed E-state index contributed by atoms with van der Waals surface area (Å²) in [6.07, 6.45) is -0.554. The second-order valence-corrected chi connectivity index (χ2v) is 6.02. The number of nitrogens with zero attached hydrogens (tertiary/aromatic N) is 1. The third-order valence-electron chi connectivity index (χ3n) is 4.02. The predicted molar refractivity (Wildman–Crippen MR) is 104 cm³/mol. The van der Waals surface area contributed by atoms with Crippen molar-refractivity contribution in [2.24, 2.45) is 0 Å². The van der Waals surface area contributed by atoms with Gasteiger partial charge in [0, 0.05) is 12.0 Å². The summed E-state index contributed by atoms with van der Waals surface area (Å²) in [5.41, 5.74) is 0.356. The molecule has 0 aliphatic carbocycles. The van der Waals surface area contributed by atoms with Gasteiger partial charge in [-0.1, -0.05) is 30.3 Å². The lowest BCUT2D eigenvalue weighted by atomic mass is 10.1. The second kappa shape index (κ2) is 10.6. The quantitative estimate of drug-likeness (QED) is 0.267. The molecule has 0 radical (unpaired) electrons. The third kappa shape index (κ3) is 6.03. The van der Waals surface area contributed by atoms with E-state index < -0.39 is 41.2 Å². The highest BCUT2D eigenvalue weighted by Crippen LogP contribution is 2.34. The molecule has 0 saturated carbocycles. The van der Waals surface area contributed by atoms with Crippen LogP contribution in [0.5, 0.6) is 11.5 Å². The van der Waals surface area contributed by atoms with Gasteiger partial charge in [-0.3, -0.25) is 24.5 Å². The number of nitrogens with one attached hydrogen (secondary N) is 1. The molecule has 0 saturated heterocycles. The Bertz CT molecular complexity index is 943. The summed E-state index contributed by atoms with van der Waals surface area (Å²) in [5, 5.41) is 13.4. The molecule has 0 bridgehead atoms. The van der Waals surface area contributed by atoms with Crippen LogP contribution in [0.1, 0.15) is 11.1 Å². The fourth-order valence-corrected chi connectivity index (χ4v) is 2.52. The van der Waals surface area contributed by atoms with Gasteiger partial charge in [0.2, 0.25) is 5.78 Å². The van der Waals surface area contributed by atoms with Gasteiger partial charge in [0.25, 0.3) is 11.6 Å². The number of nitro benzene ring substituents is 1. The van der Waals surface area contributed by atoms with Crippen molar-refractivity contribution in [3.8, 4) is 11.5 Å². The van der Waals surface area contributed by atoms with Crippen LogP contribution in [0, 0.1) is 10.1 Å². The summed E-state index contributed by atoms with van der Waals surface area (Å²) >= 11 is 0. The van der Waals surface area contributed by atoms with Gasteiger partial charge in [0.1, 0.15) is 13.2 Å². The van der Waals surface area contributed by atoms with E-state index in [2.05, 4.69) is 5.32 Å². The summed E-state index contributed by atoms with van der Waals surface area (Å²) < 4.78 is 15.1. The molecule has 0 heterocycles. The van der Waals surface area contributed by atoms with E-state index in [0.29, 0.717) is 0 Å².